The van der Waals surface area contributed by atoms with Crippen LogP contribution >= 0.6 is 11.8 Å². The summed E-state index contributed by atoms with van der Waals surface area (Å²) in [7, 11) is 0. The molecule has 2 aromatic heterocycles. The van der Waals surface area contributed by atoms with E-state index >= 15 is 0 Å². The zero-order valence-corrected chi connectivity index (χ0v) is 15.1. The molecule has 0 saturated heterocycles. The Hall–Kier alpha value is -3.08. The minimum atomic E-state index is -4.86. The van der Waals surface area contributed by atoms with Crippen LogP contribution in [0.5, 0.6) is 0 Å². The summed E-state index contributed by atoms with van der Waals surface area (Å²) < 4.78 is 41.4. The average molecular weight is 410 g/mol. The Labute approximate surface area is 160 Å². The van der Waals surface area contributed by atoms with Gasteiger partial charge in [0.25, 0.3) is 5.69 Å². The molecule has 1 unspecified atom stereocenters. The highest BCUT2D eigenvalue weighted by Crippen LogP contribution is 2.37. The number of carbonyl (C=O) groups excluding carboxylic acids is 1. The van der Waals surface area contributed by atoms with E-state index in [-0.39, 0.29) is 0 Å². The van der Waals surface area contributed by atoms with Gasteiger partial charge in [-0.1, -0.05) is 17.8 Å². The van der Waals surface area contributed by atoms with Crippen molar-refractivity contribution in [2.45, 2.75) is 23.5 Å². The molecule has 7 nitrogen and oxygen atoms in total. The Morgan fingerprint density at radius 1 is 1.32 bits per heavy atom. The highest BCUT2D eigenvalue weighted by molar-refractivity contribution is 8.00. The van der Waals surface area contributed by atoms with Crippen LogP contribution in [-0.4, -0.2) is 25.5 Å². The molecule has 1 aromatic carbocycles. The van der Waals surface area contributed by atoms with Gasteiger partial charge in [0.15, 0.2) is 5.16 Å². The van der Waals surface area contributed by atoms with Gasteiger partial charge in [0.05, 0.1) is 33.1 Å². The molecule has 0 aliphatic carbocycles. The van der Waals surface area contributed by atoms with Crippen LogP contribution in [0.3, 0.4) is 0 Å². The van der Waals surface area contributed by atoms with Crippen molar-refractivity contribution in [2.24, 2.45) is 0 Å². The van der Waals surface area contributed by atoms with Gasteiger partial charge in [0.2, 0.25) is 5.91 Å². The van der Waals surface area contributed by atoms with Gasteiger partial charge in [0.1, 0.15) is 0 Å². The van der Waals surface area contributed by atoms with E-state index in [2.05, 4.69) is 10.3 Å². The summed E-state index contributed by atoms with van der Waals surface area (Å²) >= 11 is 1.08. The summed E-state index contributed by atoms with van der Waals surface area (Å²) in [5.41, 5.74) is -1.72. The first-order valence-electron chi connectivity index (χ1n) is 7.92. The van der Waals surface area contributed by atoms with Crippen LogP contribution in [0.2, 0.25) is 0 Å². The molecule has 1 amide bonds. The molecule has 0 spiro atoms. The Morgan fingerprint density at radius 3 is 2.75 bits per heavy atom. The second-order valence-electron chi connectivity index (χ2n) is 5.77. The second kappa shape index (κ2) is 7.50. The molecule has 0 saturated carbocycles. The van der Waals surface area contributed by atoms with E-state index in [9.17, 15) is 28.1 Å². The molecule has 0 radical (unpaired) electrons. The summed E-state index contributed by atoms with van der Waals surface area (Å²) in [6.07, 6.45) is -1.48. The third kappa shape index (κ3) is 4.09. The molecule has 0 aliphatic heterocycles. The fourth-order valence-electron chi connectivity index (χ4n) is 2.44. The molecule has 1 atom stereocenters. The number of hydrogen-bond acceptors (Lipinski definition) is 5. The largest absolute Gasteiger partial charge is 0.418 e. The number of benzene rings is 1. The molecule has 146 valence electrons. The van der Waals surface area contributed by atoms with Crippen molar-refractivity contribution >= 4 is 34.6 Å². The van der Waals surface area contributed by atoms with Crippen molar-refractivity contribution in [2.75, 3.05) is 5.32 Å². The summed E-state index contributed by atoms with van der Waals surface area (Å²) in [5.74, 6) is -0.683. The lowest BCUT2D eigenvalue weighted by atomic mass is 10.1. The minimum absolute atomic E-state index is 0.398. The van der Waals surface area contributed by atoms with Gasteiger partial charge in [-0.2, -0.15) is 13.2 Å². The van der Waals surface area contributed by atoms with E-state index < -0.39 is 39.2 Å². The molecule has 3 rings (SSSR count). The number of anilines is 1. The first kappa shape index (κ1) is 19.7. The van der Waals surface area contributed by atoms with Crippen LogP contribution < -0.4 is 5.32 Å². The maximum absolute atomic E-state index is 13.2. The number of nitro groups is 1. The highest BCUT2D eigenvalue weighted by Gasteiger charge is 2.36. The molecular formula is C17H13F3N4O3S. The summed E-state index contributed by atoms with van der Waals surface area (Å²) in [6.45, 7) is 1.53. The topological polar surface area (TPSA) is 89.5 Å². The van der Waals surface area contributed by atoms with E-state index in [4.69, 9.17) is 0 Å². The maximum Gasteiger partial charge on any atom is 0.418 e. The minimum Gasteiger partial charge on any atom is -0.325 e. The number of fused-ring (bicyclic) bond motifs is 1. The first-order chi connectivity index (χ1) is 13.2. The number of imidazole rings is 1. The van der Waals surface area contributed by atoms with Crippen LogP contribution in [0.1, 0.15) is 12.5 Å². The molecule has 1 N–H and O–H groups in total. The summed E-state index contributed by atoms with van der Waals surface area (Å²) in [5, 5.41) is 12.7. The highest BCUT2D eigenvalue weighted by atomic mass is 32.2. The van der Waals surface area contributed by atoms with Gasteiger partial charge in [-0.05, 0) is 25.1 Å². The van der Waals surface area contributed by atoms with Crippen molar-refractivity contribution in [1.82, 2.24) is 9.38 Å². The monoisotopic (exact) mass is 410 g/mol. The molecule has 28 heavy (non-hydrogen) atoms. The second-order valence-corrected chi connectivity index (χ2v) is 7.08. The molecule has 0 bridgehead atoms. The number of aromatic nitrogens is 2. The number of nitrogens with zero attached hydrogens (tertiary/aromatic N) is 3. The molecular weight excluding hydrogens is 397 g/mol. The van der Waals surface area contributed by atoms with Crippen LogP contribution in [-0.2, 0) is 11.0 Å². The fourth-order valence-corrected chi connectivity index (χ4v) is 3.32. The van der Waals surface area contributed by atoms with E-state index in [0.717, 1.165) is 29.4 Å². The van der Waals surface area contributed by atoms with Gasteiger partial charge < -0.3 is 5.32 Å². The smallest absolute Gasteiger partial charge is 0.325 e. The van der Waals surface area contributed by atoms with Gasteiger partial charge in [-0.25, -0.2) is 4.98 Å². The Morgan fingerprint density at radius 2 is 2.07 bits per heavy atom. The van der Waals surface area contributed by atoms with Gasteiger partial charge in [0, 0.05) is 18.3 Å². The normalized spacial score (nSPS) is 12.7. The van der Waals surface area contributed by atoms with E-state index in [1.807, 2.05) is 12.1 Å². The van der Waals surface area contributed by atoms with Gasteiger partial charge in [-0.15, -0.1) is 0 Å². The van der Waals surface area contributed by atoms with E-state index in [1.54, 1.807) is 22.9 Å². The predicted molar refractivity (Wildman–Crippen MR) is 97.2 cm³/mol. The number of nitrogens with one attached hydrogen (secondary N) is 1. The standard InChI is InChI=1S/C17H13F3N4O3S/c1-10(28-16-21-9-12-4-2-3-7-23(12)16)15(25)22-14-6-5-11(24(26)27)8-13(14)17(18,19)20/h2-10H,1H3,(H,22,25). The maximum atomic E-state index is 13.2. The number of amides is 1. The SMILES string of the molecule is CC(Sc1ncc2ccccn12)C(=O)Nc1ccc([N+](=O)[O-])cc1C(F)(F)F. The van der Waals surface area contributed by atoms with E-state index in [0.29, 0.717) is 11.2 Å². The Balaban J connectivity index is 1.81. The van der Waals surface area contributed by atoms with E-state index in [1.165, 1.54) is 6.92 Å². The number of rotatable bonds is 5. The summed E-state index contributed by atoms with van der Waals surface area (Å²) in [4.78, 5) is 26.4. The molecule has 11 heteroatoms. The number of hydrogen-bond donors (Lipinski definition) is 1. The van der Waals surface area contributed by atoms with Gasteiger partial charge >= 0.3 is 6.18 Å². The number of carbonyl (C=O) groups is 1. The molecule has 2 heterocycles. The van der Waals surface area contributed by atoms with Gasteiger partial charge in [-0.3, -0.25) is 19.3 Å². The third-order valence-electron chi connectivity index (χ3n) is 3.83. The van der Waals surface area contributed by atoms with Crippen LogP contribution in [0.15, 0.2) is 53.9 Å². The number of non-ortho nitro benzene ring substituents is 1. The molecule has 3 aromatic rings. The average Bonchev–Trinajstić information content (AvgIpc) is 3.04. The zero-order chi connectivity index (χ0) is 20.5. The first-order valence-corrected chi connectivity index (χ1v) is 8.80. The number of alkyl halides is 3. The van der Waals surface area contributed by atoms with Crippen molar-refractivity contribution < 1.29 is 22.9 Å². The van der Waals surface area contributed by atoms with Crippen LogP contribution in [0, 0.1) is 10.1 Å². The Bertz CT molecular complexity index is 1050. The number of halogens is 3. The third-order valence-corrected chi connectivity index (χ3v) is 4.91. The lowest BCUT2D eigenvalue weighted by Gasteiger charge is -2.16. The number of nitro benzene ring substituents is 1. The lowest BCUT2D eigenvalue weighted by Crippen LogP contribution is -2.24. The number of thioether (sulfide) groups is 1. The lowest BCUT2D eigenvalue weighted by molar-refractivity contribution is -0.385. The molecule has 0 fully saturated rings. The fraction of sp³-hybridized carbons (Fsp3) is 0.176. The number of pyridine rings is 1. The zero-order valence-electron chi connectivity index (χ0n) is 14.3. The molecule has 0 aliphatic rings. The Kier molecular flexibility index (Phi) is 5.27. The predicted octanol–water partition coefficient (Wildman–Crippen LogP) is 4.38. The van der Waals surface area contributed by atoms with Crippen molar-refractivity contribution in [3.8, 4) is 0 Å². The quantitative estimate of drug-likeness (QED) is 0.383. The van der Waals surface area contributed by atoms with Crippen LogP contribution in [0.25, 0.3) is 5.52 Å². The summed E-state index contributed by atoms with van der Waals surface area (Å²) in [6, 6.07) is 7.63. The van der Waals surface area contributed by atoms with Crippen molar-refractivity contribution in [3.63, 3.8) is 0 Å². The van der Waals surface area contributed by atoms with Crippen molar-refractivity contribution in [1.29, 1.82) is 0 Å². The van der Waals surface area contributed by atoms with Crippen LogP contribution in [0.4, 0.5) is 24.5 Å². The van der Waals surface area contributed by atoms with Crippen molar-refractivity contribution in [3.05, 3.63) is 64.5 Å².